The molecule has 28 heavy (non-hydrogen) atoms. The van der Waals surface area contributed by atoms with Gasteiger partial charge in [0.1, 0.15) is 5.82 Å². The third-order valence-electron chi connectivity index (χ3n) is 4.02. The minimum Gasteiger partial charge on any atom is -0.478 e. The molecule has 2 amide bonds. The van der Waals surface area contributed by atoms with Crippen molar-refractivity contribution in [1.82, 2.24) is 4.98 Å². The molecule has 0 atom stereocenters. The lowest BCUT2D eigenvalue weighted by Crippen LogP contribution is -2.38. The third kappa shape index (κ3) is 3.92. The van der Waals surface area contributed by atoms with E-state index in [1.807, 2.05) is 0 Å². The van der Waals surface area contributed by atoms with Gasteiger partial charge in [-0.15, -0.1) is 0 Å². The molecule has 0 saturated heterocycles. The quantitative estimate of drug-likeness (QED) is 0.669. The second-order valence-electron chi connectivity index (χ2n) is 5.99. The molecule has 0 aliphatic rings. The van der Waals surface area contributed by atoms with Gasteiger partial charge in [0.25, 0.3) is 11.8 Å². The number of rotatable bonds is 4. The van der Waals surface area contributed by atoms with Crippen molar-refractivity contribution in [2.45, 2.75) is 6.92 Å². The Bertz CT molecular complexity index is 1060. The van der Waals surface area contributed by atoms with E-state index >= 15 is 0 Å². The van der Waals surface area contributed by atoms with Crippen molar-refractivity contribution in [3.63, 3.8) is 0 Å². The number of carboxylic acid groups (broad SMARTS) is 1. The number of aryl methyl sites for hydroxylation is 1. The summed E-state index contributed by atoms with van der Waals surface area (Å²) in [5, 5.41) is 9.86. The maximum Gasteiger partial charge on any atom is 0.336 e. The number of nitrogens with zero attached hydrogens (tertiary/aromatic N) is 2. The minimum atomic E-state index is -1.26. The van der Waals surface area contributed by atoms with Gasteiger partial charge in [0.15, 0.2) is 0 Å². The highest BCUT2D eigenvalue weighted by Crippen LogP contribution is 2.22. The molecule has 0 unspecified atom stereocenters. The van der Waals surface area contributed by atoms with Crippen molar-refractivity contribution in [3.8, 4) is 0 Å². The minimum absolute atomic E-state index is 0.102. The molecule has 3 rings (SSSR count). The molecule has 140 valence electrons. The van der Waals surface area contributed by atoms with E-state index in [1.54, 1.807) is 19.1 Å². The Balaban J connectivity index is 2.14. The van der Waals surface area contributed by atoms with Crippen LogP contribution in [0.2, 0.25) is 5.02 Å². The maximum atomic E-state index is 13.2. The molecule has 0 spiro atoms. The molecule has 7 heteroatoms. The van der Waals surface area contributed by atoms with E-state index in [2.05, 4.69) is 4.98 Å². The van der Waals surface area contributed by atoms with E-state index in [1.165, 1.54) is 54.7 Å². The van der Waals surface area contributed by atoms with Gasteiger partial charge < -0.3 is 5.11 Å². The van der Waals surface area contributed by atoms with E-state index in [0.29, 0.717) is 5.02 Å². The molecule has 1 aromatic heterocycles. The number of pyridine rings is 1. The Morgan fingerprint density at radius 3 is 2.18 bits per heavy atom. The van der Waals surface area contributed by atoms with Gasteiger partial charge in [0.2, 0.25) is 0 Å². The SMILES string of the molecule is Cc1ccnc(N(C(=O)c2ccc(Cl)cc2)C(=O)c2ccccc2C(=O)O)c1. The number of carbonyl (C=O) groups excluding carboxylic acids is 2. The molecule has 0 bridgehead atoms. The second kappa shape index (κ2) is 8.02. The smallest absolute Gasteiger partial charge is 0.336 e. The third-order valence-corrected chi connectivity index (χ3v) is 4.27. The molecule has 6 nitrogen and oxygen atoms in total. The number of imide groups is 1. The number of benzene rings is 2. The number of carboxylic acids is 1. The zero-order valence-electron chi connectivity index (χ0n) is 14.8. The fourth-order valence-corrected chi connectivity index (χ4v) is 2.77. The van der Waals surface area contributed by atoms with Gasteiger partial charge in [-0.2, -0.15) is 0 Å². The van der Waals surface area contributed by atoms with Crippen LogP contribution in [0.15, 0.2) is 66.9 Å². The highest BCUT2D eigenvalue weighted by Gasteiger charge is 2.29. The number of hydrogen-bond acceptors (Lipinski definition) is 4. The highest BCUT2D eigenvalue weighted by atomic mass is 35.5. The van der Waals surface area contributed by atoms with Crippen LogP contribution < -0.4 is 4.90 Å². The summed E-state index contributed by atoms with van der Waals surface area (Å²) in [7, 11) is 0. The second-order valence-corrected chi connectivity index (χ2v) is 6.43. The van der Waals surface area contributed by atoms with Crippen LogP contribution >= 0.6 is 11.6 Å². The van der Waals surface area contributed by atoms with Crippen molar-refractivity contribution in [1.29, 1.82) is 0 Å². The molecule has 0 aliphatic heterocycles. The zero-order valence-corrected chi connectivity index (χ0v) is 15.6. The fourth-order valence-electron chi connectivity index (χ4n) is 2.64. The molecule has 0 radical (unpaired) electrons. The van der Waals surface area contributed by atoms with Crippen molar-refractivity contribution in [2.75, 3.05) is 4.90 Å². The average molecular weight is 395 g/mol. The molecule has 1 heterocycles. The largest absolute Gasteiger partial charge is 0.478 e. The number of amides is 2. The van der Waals surface area contributed by atoms with Crippen molar-refractivity contribution in [2.24, 2.45) is 0 Å². The van der Waals surface area contributed by atoms with Gasteiger partial charge in [0, 0.05) is 16.8 Å². The number of halogens is 1. The van der Waals surface area contributed by atoms with Gasteiger partial charge in [-0.1, -0.05) is 23.7 Å². The highest BCUT2D eigenvalue weighted by molar-refractivity contribution is 6.31. The van der Waals surface area contributed by atoms with E-state index in [4.69, 9.17) is 11.6 Å². The summed E-state index contributed by atoms with van der Waals surface area (Å²) in [5.74, 6) is -2.58. The molecule has 3 aromatic rings. The Kier molecular flexibility index (Phi) is 5.52. The first kappa shape index (κ1) is 19.3. The predicted octanol–water partition coefficient (Wildman–Crippen LogP) is 4.23. The van der Waals surface area contributed by atoms with Crippen molar-refractivity contribution < 1.29 is 19.5 Å². The van der Waals surface area contributed by atoms with Crippen molar-refractivity contribution >= 4 is 35.2 Å². The van der Waals surface area contributed by atoms with Crippen LogP contribution in [0.5, 0.6) is 0 Å². The Morgan fingerprint density at radius 1 is 0.929 bits per heavy atom. The van der Waals surface area contributed by atoms with Crippen molar-refractivity contribution in [3.05, 3.63) is 94.1 Å². The van der Waals surface area contributed by atoms with Gasteiger partial charge in [-0.25, -0.2) is 14.7 Å². The monoisotopic (exact) mass is 394 g/mol. The van der Waals surface area contributed by atoms with E-state index in [0.717, 1.165) is 10.5 Å². The zero-order chi connectivity index (χ0) is 20.3. The number of anilines is 1. The average Bonchev–Trinajstić information content (AvgIpc) is 2.68. The van der Waals surface area contributed by atoms with E-state index in [-0.39, 0.29) is 22.5 Å². The fraction of sp³-hybridized carbons (Fsp3) is 0.0476. The molecular weight excluding hydrogens is 380 g/mol. The molecule has 0 fully saturated rings. The van der Waals surface area contributed by atoms with Crippen LogP contribution in [-0.2, 0) is 0 Å². The lowest BCUT2D eigenvalue weighted by Gasteiger charge is -2.21. The number of aromatic carboxylic acids is 1. The lowest BCUT2D eigenvalue weighted by atomic mass is 10.1. The standard InChI is InChI=1S/C21H15ClN2O4/c1-13-10-11-23-18(12-13)24(19(25)14-6-8-15(22)9-7-14)20(26)16-4-2-3-5-17(16)21(27)28/h2-12H,1H3,(H,27,28). The summed E-state index contributed by atoms with van der Waals surface area (Å²) < 4.78 is 0. The van der Waals surface area contributed by atoms with E-state index in [9.17, 15) is 19.5 Å². The van der Waals surface area contributed by atoms with Crippen LogP contribution in [0.25, 0.3) is 0 Å². The van der Waals surface area contributed by atoms with Crippen LogP contribution in [0.1, 0.15) is 36.6 Å². The van der Waals surface area contributed by atoms with Gasteiger partial charge >= 0.3 is 5.97 Å². The first-order chi connectivity index (χ1) is 13.4. The summed E-state index contributed by atoms with van der Waals surface area (Å²) >= 11 is 5.88. The first-order valence-electron chi connectivity index (χ1n) is 8.28. The lowest BCUT2D eigenvalue weighted by molar-refractivity contribution is 0.0690. The summed E-state index contributed by atoms with van der Waals surface area (Å²) in [6.07, 6.45) is 1.48. The first-order valence-corrected chi connectivity index (χ1v) is 8.65. The van der Waals surface area contributed by atoms with Crippen LogP contribution in [0.4, 0.5) is 5.82 Å². The summed E-state index contributed by atoms with van der Waals surface area (Å²) in [5.41, 5.74) is 0.696. The van der Waals surface area contributed by atoms with Crippen LogP contribution in [-0.4, -0.2) is 27.9 Å². The molecule has 1 N–H and O–H groups in total. The predicted molar refractivity (Wildman–Crippen MR) is 105 cm³/mol. The Morgan fingerprint density at radius 2 is 1.57 bits per heavy atom. The summed E-state index contributed by atoms with van der Waals surface area (Å²) in [6, 6.07) is 15.1. The normalized spacial score (nSPS) is 10.4. The maximum absolute atomic E-state index is 13.2. The van der Waals surface area contributed by atoms with Gasteiger partial charge in [0.05, 0.1) is 11.1 Å². The van der Waals surface area contributed by atoms with Gasteiger partial charge in [-0.3, -0.25) is 9.59 Å². The van der Waals surface area contributed by atoms with Crippen LogP contribution in [0, 0.1) is 6.92 Å². The van der Waals surface area contributed by atoms with Gasteiger partial charge in [-0.05, 0) is 61.0 Å². The topological polar surface area (TPSA) is 87.6 Å². The molecule has 0 saturated carbocycles. The molecule has 2 aromatic carbocycles. The number of carbonyl (C=O) groups is 3. The Hall–Kier alpha value is -3.51. The number of hydrogen-bond donors (Lipinski definition) is 1. The summed E-state index contributed by atoms with van der Waals surface area (Å²) in [4.78, 5) is 42.9. The van der Waals surface area contributed by atoms with Crippen LogP contribution in [0.3, 0.4) is 0 Å². The summed E-state index contributed by atoms with van der Waals surface area (Å²) in [6.45, 7) is 1.80. The molecule has 0 aliphatic carbocycles. The number of aromatic nitrogens is 1. The molecular formula is C21H15ClN2O4. The van der Waals surface area contributed by atoms with E-state index < -0.39 is 17.8 Å². The Labute approximate surface area is 166 Å².